The molecule has 0 N–H and O–H groups in total. The van der Waals surface area contributed by atoms with Gasteiger partial charge in [-0.05, 0) is 50.4 Å². The highest BCUT2D eigenvalue weighted by Gasteiger charge is 2.65. The number of rotatable bonds is 1. The Balaban J connectivity index is 0.00000135. The number of ether oxygens (including phenoxy) is 2. The zero-order valence-electron chi connectivity index (χ0n) is 13.5. The Labute approximate surface area is 146 Å². The van der Waals surface area contributed by atoms with Crippen LogP contribution in [0, 0.1) is 5.92 Å². The topological polar surface area (TPSA) is 38.8 Å². The van der Waals surface area contributed by atoms with E-state index in [4.69, 9.17) is 9.47 Å². The Morgan fingerprint density at radius 2 is 2.22 bits per heavy atom. The van der Waals surface area contributed by atoms with Crippen molar-refractivity contribution in [2.45, 2.75) is 43.2 Å². The SMILES string of the molecule is Br.COc1ccc2c3c1O[C@H]1C(=O)CC[C@H]4[C@@H](C2)N(C)CC[C@]314. The lowest BCUT2D eigenvalue weighted by molar-refractivity contribution is -0.138. The number of likely N-dealkylation sites (tertiary alicyclic amines) is 1. The number of hydrogen-bond donors (Lipinski definition) is 0. The van der Waals surface area contributed by atoms with Gasteiger partial charge in [0.15, 0.2) is 23.4 Å². The fourth-order valence-electron chi connectivity index (χ4n) is 5.67. The summed E-state index contributed by atoms with van der Waals surface area (Å²) in [5.74, 6) is 2.46. The van der Waals surface area contributed by atoms with E-state index in [-0.39, 0.29) is 34.3 Å². The Morgan fingerprint density at radius 3 is 3.00 bits per heavy atom. The van der Waals surface area contributed by atoms with Crippen molar-refractivity contribution in [1.82, 2.24) is 4.90 Å². The average molecular weight is 380 g/mol. The van der Waals surface area contributed by atoms with Gasteiger partial charge in [0.25, 0.3) is 0 Å². The van der Waals surface area contributed by atoms with Gasteiger partial charge in [0.1, 0.15) is 0 Å². The molecule has 1 spiro atoms. The van der Waals surface area contributed by atoms with E-state index in [1.54, 1.807) is 7.11 Å². The van der Waals surface area contributed by atoms with E-state index < -0.39 is 0 Å². The fraction of sp³-hybridized carbons (Fsp3) is 0.611. The molecule has 5 rings (SSSR count). The molecule has 2 bridgehead atoms. The number of carbonyl (C=O) groups is 1. The minimum atomic E-state index is -0.284. The maximum absolute atomic E-state index is 12.6. The number of halogens is 1. The van der Waals surface area contributed by atoms with Gasteiger partial charge in [0, 0.05) is 23.4 Å². The van der Waals surface area contributed by atoms with Gasteiger partial charge in [-0.3, -0.25) is 4.79 Å². The predicted octanol–water partition coefficient (Wildman–Crippen LogP) is 2.51. The molecule has 0 aromatic heterocycles. The smallest absolute Gasteiger partial charge is 0.174 e. The van der Waals surface area contributed by atoms with Crippen molar-refractivity contribution >= 4 is 22.8 Å². The number of Topliss-reactive ketones (excluding diaryl/α,β-unsaturated/α-hetero) is 1. The molecule has 2 fully saturated rings. The predicted molar refractivity (Wildman–Crippen MR) is 91.9 cm³/mol. The Morgan fingerprint density at radius 1 is 1.39 bits per heavy atom. The highest BCUT2D eigenvalue weighted by atomic mass is 79.9. The van der Waals surface area contributed by atoms with E-state index in [0.29, 0.717) is 18.4 Å². The molecule has 124 valence electrons. The molecule has 5 heteroatoms. The van der Waals surface area contributed by atoms with Crippen LogP contribution in [0.2, 0.25) is 0 Å². The van der Waals surface area contributed by atoms with Crippen LogP contribution in [0.15, 0.2) is 12.1 Å². The van der Waals surface area contributed by atoms with Crippen LogP contribution < -0.4 is 9.47 Å². The first kappa shape index (κ1) is 15.5. The van der Waals surface area contributed by atoms with Crippen LogP contribution in [-0.4, -0.2) is 43.5 Å². The summed E-state index contributed by atoms with van der Waals surface area (Å²) in [6.07, 6.45) is 3.47. The molecule has 1 saturated carbocycles. The van der Waals surface area contributed by atoms with E-state index in [2.05, 4.69) is 18.0 Å². The molecular formula is C18H22BrNO3. The third kappa shape index (κ3) is 1.67. The molecule has 0 amide bonds. The number of ketones is 1. The number of piperidine rings is 1. The first-order valence-corrected chi connectivity index (χ1v) is 8.27. The van der Waals surface area contributed by atoms with E-state index >= 15 is 0 Å². The standard InChI is InChI=1S/C18H21NO3.BrH/c1-19-8-7-18-11-4-5-13(20)17(18)22-16-14(21-2)6-3-10(15(16)18)9-12(11)19;/h3,6,11-12,17H,4-5,7-9H2,1-2H3;1H/t11-,12+,17-,18-;/m0./s1. The van der Waals surface area contributed by atoms with Crippen LogP contribution in [0.3, 0.4) is 0 Å². The summed E-state index contributed by atoms with van der Waals surface area (Å²) in [6.45, 7) is 1.05. The van der Waals surface area contributed by atoms with Gasteiger partial charge in [-0.1, -0.05) is 6.07 Å². The summed E-state index contributed by atoms with van der Waals surface area (Å²) in [7, 11) is 3.91. The molecule has 1 aromatic carbocycles. The van der Waals surface area contributed by atoms with Crippen molar-refractivity contribution in [2.24, 2.45) is 5.92 Å². The minimum Gasteiger partial charge on any atom is -0.493 e. The van der Waals surface area contributed by atoms with Gasteiger partial charge in [0.05, 0.1) is 7.11 Å². The van der Waals surface area contributed by atoms with Crippen molar-refractivity contribution in [2.75, 3.05) is 20.7 Å². The summed E-state index contributed by atoms with van der Waals surface area (Å²) in [6, 6.07) is 4.73. The summed E-state index contributed by atoms with van der Waals surface area (Å²) in [4.78, 5) is 15.1. The third-order valence-corrected chi connectivity index (χ3v) is 6.59. The number of nitrogens with zero attached hydrogens (tertiary/aromatic N) is 1. The Bertz CT molecular complexity index is 691. The molecule has 4 nitrogen and oxygen atoms in total. The van der Waals surface area contributed by atoms with Crippen LogP contribution in [0.5, 0.6) is 11.5 Å². The molecule has 1 saturated heterocycles. The van der Waals surface area contributed by atoms with Crippen molar-refractivity contribution in [3.8, 4) is 11.5 Å². The minimum absolute atomic E-state index is 0. The molecule has 2 heterocycles. The van der Waals surface area contributed by atoms with Gasteiger partial charge >= 0.3 is 0 Å². The molecule has 0 unspecified atom stereocenters. The normalized spacial score (nSPS) is 36.8. The van der Waals surface area contributed by atoms with Crippen molar-refractivity contribution in [1.29, 1.82) is 0 Å². The van der Waals surface area contributed by atoms with Gasteiger partial charge in [-0.15, -0.1) is 17.0 Å². The van der Waals surface area contributed by atoms with Gasteiger partial charge in [-0.25, -0.2) is 0 Å². The number of benzene rings is 1. The number of carbonyl (C=O) groups excluding carboxylic acids is 1. The Hall–Kier alpha value is -1.07. The lowest BCUT2D eigenvalue weighted by atomic mass is 9.52. The number of methoxy groups -OCH3 is 1. The highest BCUT2D eigenvalue weighted by molar-refractivity contribution is 8.93. The maximum atomic E-state index is 12.6. The zero-order chi connectivity index (χ0) is 15.1. The second-order valence-corrected chi connectivity index (χ2v) is 7.28. The van der Waals surface area contributed by atoms with Crippen LogP contribution in [-0.2, 0) is 16.6 Å². The van der Waals surface area contributed by atoms with Crippen LogP contribution in [0.1, 0.15) is 30.4 Å². The molecule has 23 heavy (non-hydrogen) atoms. The summed E-state index contributed by atoms with van der Waals surface area (Å²) in [5, 5.41) is 0. The maximum Gasteiger partial charge on any atom is 0.174 e. The molecule has 4 aliphatic rings. The van der Waals surface area contributed by atoms with Gasteiger partial charge in [0.2, 0.25) is 0 Å². The summed E-state index contributed by atoms with van der Waals surface area (Å²) in [5.41, 5.74) is 2.57. The van der Waals surface area contributed by atoms with Crippen molar-refractivity contribution in [3.05, 3.63) is 23.3 Å². The lowest BCUT2D eigenvalue weighted by Gasteiger charge is -2.57. The first-order chi connectivity index (χ1) is 10.7. The molecule has 0 radical (unpaired) electrons. The van der Waals surface area contributed by atoms with Crippen molar-refractivity contribution in [3.63, 3.8) is 0 Å². The molecular weight excluding hydrogens is 358 g/mol. The first-order valence-electron chi connectivity index (χ1n) is 8.27. The molecule has 4 atom stereocenters. The van der Waals surface area contributed by atoms with E-state index in [9.17, 15) is 4.79 Å². The van der Waals surface area contributed by atoms with Crippen molar-refractivity contribution < 1.29 is 14.3 Å². The second-order valence-electron chi connectivity index (χ2n) is 7.28. The molecule has 2 aliphatic carbocycles. The zero-order valence-corrected chi connectivity index (χ0v) is 15.2. The molecule has 2 aliphatic heterocycles. The highest BCUT2D eigenvalue weighted by Crippen LogP contribution is 2.62. The van der Waals surface area contributed by atoms with Gasteiger partial charge in [-0.2, -0.15) is 0 Å². The fourth-order valence-corrected chi connectivity index (χ4v) is 5.67. The number of likely N-dealkylation sites (N-methyl/N-ethyl adjacent to an activating group) is 1. The second kappa shape index (κ2) is 4.96. The molecule has 1 aromatic rings. The Kier molecular flexibility index (Phi) is 3.34. The van der Waals surface area contributed by atoms with E-state index in [1.165, 1.54) is 11.1 Å². The van der Waals surface area contributed by atoms with E-state index in [1.807, 2.05) is 6.07 Å². The quantitative estimate of drug-likeness (QED) is 0.751. The lowest BCUT2D eigenvalue weighted by Crippen LogP contribution is -2.65. The van der Waals surface area contributed by atoms with Crippen LogP contribution >= 0.6 is 17.0 Å². The van der Waals surface area contributed by atoms with E-state index in [0.717, 1.165) is 37.3 Å². The van der Waals surface area contributed by atoms with Crippen LogP contribution in [0.25, 0.3) is 0 Å². The monoisotopic (exact) mass is 379 g/mol. The largest absolute Gasteiger partial charge is 0.493 e. The number of hydrogen-bond acceptors (Lipinski definition) is 4. The average Bonchev–Trinajstić information content (AvgIpc) is 2.88. The van der Waals surface area contributed by atoms with Crippen LogP contribution in [0.4, 0.5) is 0 Å². The summed E-state index contributed by atoms with van der Waals surface area (Å²) < 4.78 is 11.8. The van der Waals surface area contributed by atoms with Gasteiger partial charge < -0.3 is 14.4 Å². The third-order valence-electron chi connectivity index (χ3n) is 6.59. The summed E-state index contributed by atoms with van der Waals surface area (Å²) >= 11 is 0.